The molecule has 43 heavy (non-hydrogen) atoms. The minimum atomic E-state index is -0.768. The zero-order chi connectivity index (χ0) is 31.5. The third-order valence-electron chi connectivity index (χ3n) is 8.31. The number of aliphatic hydroxyl groups is 1. The smallest absolute Gasteiger partial charge is 0.306 e. The molecule has 0 aliphatic rings. The maximum Gasteiger partial charge on any atom is 0.306 e. The van der Waals surface area contributed by atoms with Crippen LogP contribution in [0, 0.1) is 0 Å². The molecule has 254 valence electrons. The van der Waals surface area contributed by atoms with Crippen molar-refractivity contribution in [2.45, 2.75) is 206 Å². The van der Waals surface area contributed by atoms with E-state index in [1.807, 2.05) is 0 Å². The topological polar surface area (TPSA) is 72.8 Å². The molecule has 0 aliphatic heterocycles. The summed E-state index contributed by atoms with van der Waals surface area (Å²) in [6.07, 6.45) is 38.4. The highest BCUT2D eigenvalue weighted by molar-refractivity contribution is 5.70. The summed E-state index contributed by atoms with van der Waals surface area (Å²) in [7, 11) is 0. The molecule has 0 aliphatic carbocycles. The van der Waals surface area contributed by atoms with Gasteiger partial charge in [0.1, 0.15) is 6.61 Å². The van der Waals surface area contributed by atoms with Crippen molar-refractivity contribution >= 4 is 11.9 Å². The van der Waals surface area contributed by atoms with Gasteiger partial charge in [-0.25, -0.2) is 0 Å². The number of ether oxygens (including phenoxy) is 2. The third-order valence-corrected chi connectivity index (χ3v) is 8.31. The summed E-state index contributed by atoms with van der Waals surface area (Å²) in [6.45, 7) is 4.12. The normalized spacial score (nSPS) is 12.2. The maximum atomic E-state index is 12.1. The molecular weight excluding hydrogens is 536 g/mol. The SMILES string of the molecule is CCCCCC/C=C/CCCCCCCC(=O)O[C@@H](CO)COC(=O)CCCCCCCCCCCCCCCCCC. The molecular formula is C38H72O5. The second-order valence-electron chi connectivity index (χ2n) is 12.7. The first-order chi connectivity index (χ1) is 21.1. The fourth-order valence-electron chi connectivity index (χ4n) is 5.43. The summed E-state index contributed by atoms with van der Waals surface area (Å²) in [4.78, 5) is 24.2. The van der Waals surface area contributed by atoms with Crippen molar-refractivity contribution in [1.82, 2.24) is 0 Å². The quantitative estimate of drug-likeness (QED) is 0.0447. The van der Waals surface area contributed by atoms with Gasteiger partial charge in [0.25, 0.3) is 0 Å². The zero-order valence-corrected chi connectivity index (χ0v) is 28.7. The molecule has 5 nitrogen and oxygen atoms in total. The van der Waals surface area contributed by atoms with Gasteiger partial charge in [0.2, 0.25) is 0 Å². The van der Waals surface area contributed by atoms with E-state index in [9.17, 15) is 14.7 Å². The molecule has 0 unspecified atom stereocenters. The molecule has 0 radical (unpaired) electrons. The van der Waals surface area contributed by atoms with Gasteiger partial charge in [-0.2, -0.15) is 0 Å². The summed E-state index contributed by atoms with van der Waals surface area (Å²) < 4.78 is 10.6. The average molecular weight is 609 g/mol. The van der Waals surface area contributed by atoms with Gasteiger partial charge in [-0.15, -0.1) is 0 Å². The van der Waals surface area contributed by atoms with E-state index >= 15 is 0 Å². The van der Waals surface area contributed by atoms with Gasteiger partial charge in [-0.1, -0.05) is 161 Å². The first-order valence-corrected chi connectivity index (χ1v) is 18.7. The molecule has 0 aromatic rings. The van der Waals surface area contributed by atoms with Crippen molar-refractivity contribution in [2.75, 3.05) is 13.2 Å². The van der Waals surface area contributed by atoms with E-state index in [2.05, 4.69) is 26.0 Å². The predicted molar refractivity (Wildman–Crippen MR) is 182 cm³/mol. The highest BCUT2D eigenvalue weighted by Crippen LogP contribution is 2.15. The fourth-order valence-corrected chi connectivity index (χ4v) is 5.43. The van der Waals surface area contributed by atoms with Gasteiger partial charge >= 0.3 is 11.9 Å². The van der Waals surface area contributed by atoms with Crippen LogP contribution < -0.4 is 0 Å². The Hall–Kier alpha value is -1.36. The molecule has 0 rings (SSSR count). The van der Waals surface area contributed by atoms with Crippen molar-refractivity contribution < 1.29 is 24.2 Å². The second-order valence-corrected chi connectivity index (χ2v) is 12.7. The number of hydrogen-bond acceptors (Lipinski definition) is 5. The van der Waals surface area contributed by atoms with Crippen LogP contribution in [0.3, 0.4) is 0 Å². The van der Waals surface area contributed by atoms with E-state index in [0.717, 1.165) is 44.9 Å². The molecule has 1 atom stereocenters. The van der Waals surface area contributed by atoms with Crippen LogP contribution in [0.5, 0.6) is 0 Å². The van der Waals surface area contributed by atoms with Crippen LogP contribution in [0.15, 0.2) is 12.2 Å². The number of aliphatic hydroxyl groups excluding tert-OH is 1. The molecule has 0 aromatic carbocycles. The van der Waals surface area contributed by atoms with E-state index in [-0.39, 0.29) is 25.2 Å². The summed E-state index contributed by atoms with van der Waals surface area (Å²) >= 11 is 0. The van der Waals surface area contributed by atoms with Crippen LogP contribution in [0.1, 0.15) is 200 Å². The van der Waals surface area contributed by atoms with E-state index in [4.69, 9.17) is 9.47 Å². The summed E-state index contributed by atoms with van der Waals surface area (Å²) in [5.74, 6) is -0.592. The average Bonchev–Trinajstić information content (AvgIpc) is 3.01. The van der Waals surface area contributed by atoms with Crippen molar-refractivity contribution in [3.63, 3.8) is 0 Å². The Morgan fingerprint density at radius 1 is 0.512 bits per heavy atom. The molecule has 5 heteroatoms. The van der Waals surface area contributed by atoms with Gasteiger partial charge in [-0.3, -0.25) is 9.59 Å². The van der Waals surface area contributed by atoms with Crippen molar-refractivity contribution in [2.24, 2.45) is 0 Å². The van der Waals surface area contributed by atoms with Crippen LogP contribution >= 0.6 is 0 Å². The number of unbranched alkanes of at least 4 members (excludes halogenated alkanes) is 24. The molecule has 0 saturated carbocycles. The van der Waals surface area contributed by atoms with Crippen LogP contribution in [0.4, 0.5) is 0 Å². The lowest BCUT2D eigenvalue weighted by atomic mass is 10.0. The Kier molecular flexibility index (Phi) is 34.0. The number of carbonyl (C=O) groups excluding carboxylic acids is 2. The standard InChI is InChI=1S/C38H72O5/c1-3-5-7-9-11-13-15-17-18-19-21-22-24-26-28-30-32-37(40)42-35-36(34-39)43-38(41)33-31-29-27-25-23-20-16-14-12-10-8-6-4-2/h14,16,36,39H,3-13,15,17-35H2,1-2H3/b16-14+/t36-/m0/s1. The summed E-state index contributed by atoms with van der Waals surface area (Å²) in [5, 5.41) is 9.52. The first-order valence-electron chi connectivity index (χ1n) is 18.7. The van der Waals surface area contributed by atoms with Gasteiger partial charge in [-0.05, 0) is 38.5 Å². The lowest BCUT2D eigenvalue weighted by Crippen LogP contribution is -2.28. The highest BCUT2D eigenvalue weighted by Gasteiger charge is 2.16. The van der Waals surface area contributed by atoms with Gasteiger partial charge in [0.15, 0.2) is 6.10 Å². The molecule has 0 fully saturated rings. The minimum Gasteiger partial charge on any atom is -0.462 e. The van der Waals surface area contributed by atoms with Crippen molar-refractivity contribution in [3.05, 3.63) is 12.2 Å². The van der Waals surface area contributed by atoms with Gasteiger partial charge < -0.3 is 14.6 Å². The maximum absolute atomic E-state index is 12.1. The minimum absolute atomic E-state index is 0.0634. The molecule has 0 spiro atoms. The van der Waals surface area contributed by atoms with Gasteiger partial charge in [0.05, 0.1) is 6.61 Å². The molecule has 0 saturated heterocycles. The zero-order valence-electron chi connectivity index (χ0n) is 28.7. The molecule has 0 aromatic heterocycles. The van der Waals surface area contributed by atoms with E-state index in [0.29, 0.717) is 12.8 Å². The van der Waals surface area contributed by atoms with Crippen LogP contribution in [-0.4, -0.2) is 36.4 Å². The Bertz CT molecular complexity index is 617. The van der Waals surface area contributed by atoms with E-state index in [1.165, 1.54) is 128 Å². The number of esters is 2. The van der Waals surface area contributed by atoms with Crippen LogP contribution in [0.25, 0.3) is 0 Å². The Morgan fingerprint density at radius 2 is 0.860 bits per heavy atom. The van der Waals surface area contributed by atoms with Crippen LogP contribution in [-0.2, 0) is 19.1 Å². The molecule has 0 amide bonds. The number of allylic oxidation sites excluding steroid dienone is 2. The van der Waals surface area contributed by atoms with Crippen molar-refractivity contribution in [1.29, 1.82) is 0 Å². The predicted octanol–water partition coefficient (Wildman–Crippen LogP) is 11.3. The third kappa shape index (κ3) is 33.4. The van der Waals surface area contributed by atoms with Crippen molar-refractivity contribution in [3.8, 4) is 0 Å². The summed E-state index contributed by atoms with van der Waals surface area (Å²) in [5.41, 5.74) is 0. The monoisotopic (exact) mass is 609 g/mol. The lowest BCUT2D eigenvalue weighted by Gasteiger charge is -2.15. The Balaban J connectivity index is 3.53. The molecule has 1 N–H and O–H groups in total. The molecule has 0 heterocycles. The first kappa shape index (κ1) is 41.6. The van der Waals surface area contributed by atoms with Gasteiger partial charge in [0, 0.05) is 12.8 Å². The number of hydrogen-bond donors (Lipinski definition) is 1. The largest absolute Gasteiger partial charge is 0.462 e. The van der Waals surface area contributed by atoms with E-state index < -0.39 is 6.10 Å². The lowest BCUT2D eigenvalue weighted by molar-refractivity contribution is -0.161. The highest BCUT2D eigenvalue weighted by atomic mass is 16.6. The second kappa shape index (κ2) is 35.1. The molecule has 0 bridgehead atoms. The summed E-state index contributed by atoms with van der Waals surface area (Å²) in [6, 6.07) is 0. The fraction of sp³-hybridized carbons (Fsp3) is 0.895. The van der Waals surface area contributed by atoms with Crippen LogP contribution in [0.2, 0.25) is 0 Å². The Labute approximate surface area is 267 Å². The Morgan fingerprint density at radius 3 is 1.28 bits per heavy atom. The number of carbonyl (C=O) groups is 2. The van der Waals surface area contributed by atoms with E-state index in [1.54, 1.807) is 0 Å². The number of rotatable bonds is 34.